The van der Waals surface area contributed by atoms with E-state index in [4.69, 9.17) is 16.9 Å². The molecule has 6 heteroatoms. The average Bonchev–Trinajstić information content (AvgIpc) is 2.84. The van der Waals surface area contributed by atoms with E-state index in [9.17, 15) is 0 Å². The highest BCUT2D eigenvalue weighted by atomic mass is 35.5. The van der Waals surface area contributed by atoms with Crippen molar-refractivity contribution in [2.24, 2.45) is 0 Å². The molecule has 1 aromatic heterocycles. The minimum absolute atomic E-state index is 0.544. The van der Waals surface area contributed by atoms with Crippen molar-refractivity contribution in [1.29, 1.82) is 5.26 Å². The van der Waals surface area contributed by atoms with Gasteiger partial charge in [0.15, 0.2) is 0 Å². The van der Waals surface area contributed by atoms with E-state index in [2.05, 4.69) is 15.6 Å². The number of aromatic nitrogens is 3. The van der Waals surface area contributed by atoms with Crippen LogP contribution in [0.25, 0.3) is 0 Å². The number of benzene rings is 1. The van der Waals surface area contributed by atoms with Gasteiger partial charge in [-0.25, -0.2) is 0 Å². The summed E-state index contributed by atoms with van der Waals surface area (Å²) in [6, 6.07) is 7.20. The highest BCUT2D eigenvalue weighted by Crippen LogP contribution is 2.22. The third kappa shape index (κ3) is 2.95. The molecule has 0 aliphatic heterocycles. The molecular formula is C11H10ClN5. The second-order valence-electron chi connectivity index (χ2n) is 3.40. The fraction of sp³-hybridized carbons (Fsp3) is 0.182. The molecular weight excluding hydrogens is 238 g/mol. The van der Waals surface area contributed by atoms with E-state index in [-0.39, 0.29) is 0 Å². The maximum absolute atomic E-state index is 8.71. The Hall–Kier alpha value is -2.06. The van der Waals surface area contributed by atoms with Crippen LogP contribution in [0.15, 0.2) is 30.6 Å². The lowest BCUT2D eigenvalue weighted by atomic mass is 10.2. The number of hydrogen-bond acceptors (Lipinski definition) is 4. The number of halogens is 1. The van der Waals surface area contributed by atoms with Gasteiger partial charge in [-0.05, 0) is 18.2 Å². The van der Waals surface area contributed by atoms with E-state index in [0.29, 0.717) is 23.7 Å². The van der Waals surface area contributed by atoms with Gasteiger partial charge in [-0.1, -0.05) is 16.8 Å². The van der Waals surface area contributed by atoms with Crippen LogP contribution in [0.1, 0.15) is 5.56 Å². The molecule has 1 N–H and O–H groups in total. The molecule has 86 valence electrons. The monoisotopic (exact) mass is 247 g/mol. The Morgan fingerprint density at radius 1 is 1.47 bits per heavy atom. The summed E-state index contributed by atoms with van der Waals surface area (Å²) in [5.41, 5.74) is 1.36. The van der Waals surface area contributed by atoms with Crippen LogP contribution in [0, 0.1) is 11.3 Å². The van der Waals surface area contributed by atoms with Gasteiger partial charge in [-0.15, -0.1) is 5.10 Å². The zero-order valence-corrected chi connectivity index (χ0v) is 9.72. The molecule has 1 heterocycles. The number of hydrogen-bond donors (Lipinski definition) is 1. The lowest BCUT2D eigenvalue weighted by Crippen LogP contribution is -2.11. The van der Waals surface area contributed by atoms with E-state index in [1.54, 1.807) is 35.3 Å². The smallest absolute Gasteiger partial charge is 0.0992 e. The molecule has 1 aromatic carbocycles. The Bertz CT molecular complexity index is 529. The summed E-state index contributed by atoms with van der Waals surface area (Å²) in [6.07, 6.45) is 3.43. The Kier molecular flexibility index (Phi) is 3.58. The van der Waals surface area contributed by atoms with Crippen LogP contribution in [0.4, 0.5) is 5.69 Å². The van der Waals surface area contributed by atoms with E-state index in [1.165, 1.54) is 0 Å². The maximum Gasteiger partial charge on any atom is 0.0992 e. The zero-order valence-electron chi connectivity index (χ0n) is 8.97. The third-order valence-electron chi connectivity index (χ3n) is 2.23. The molecule has 0 spiro atoms. The van der Waals surface area contributed by atoms with Crippen molar-refractivity contribution in [3.05, 3.63) is 41.2 Å². The maximum atomic E-state index is 8.71. The van der Waals surface area contributed by atoms with Crippen molar-refractivity contribution in [3.63, 3.8) is 0 Å². The van der Waals surface area contributed by atoms with Crippen LogP contribution < -0.4 is 5.32 Å². The molecule has 0 unspecified atom stereocenters. The van der Waals surface area contributed by atoms with E-state index < -0.39 is 0 Å². The third-order valence-corrected chi connectivity index (χ3v) is 2.54. The van der Waals surface area contributed by atoms with Crippen molar-refractivity contribution < 1.29 is 0 Å². The molecule has 2 rings (SSSR count). The molecule has 0 aliphatic rings. The summed E-state index contributed by atoms with van der Waals surface area (Å²) in [4.78, 5) is 0. The molecule has 0 amide bonds. The second kappa shape index (κ2) is 5.32. The Labute approximate surface area is 104 Å². The van der Waals surface area contributed by atoms with Crippen molar-refractivity contribution >= 4 is 17.3 Å². The van der Waals surface area contributed by atoms with Gasteiger partial charge in [0.2, 0.25) is 0 Å². The van der Waals surface area contributed by atoms with Crippen molar-refractivity contribution in [2.45, 2.75) is 6.54 Å². The van der Waals surface area contributed by atoms with Gasteiger partial charge in [0.25, 0.3) is 0 Å². The van der Waals surface area contributed by atoms with Crippen LogP contribution in [-0.2, 0) is 6.54 Å². The molecule has 0 radical (unpaired) electrons. The Balaban J connectivity index is 1.93. The van der Waals surface area contributed by atoms with Gasteiger partial charge in [0, 0.05) is 12.7 Å². The number of nitriles is 1. The minimum Gasteiger partial charge on any atom is -0.382 e. The van der Waals surface area contributed by atoms with Crippen LogP contribution in [-0.4, -0.2) is 21.5 Å². The van der Waals surface area contributed by atoms with Gasteiger partial charge in [0.1, 0.15) is 0 Å². The zero-order chi connectivity index (χ0) is 12.1. The van der Waals surface area contributed by atoms with E-state index >= 15 is 0 Å². The molecule has 17 heavy (non-hydrogen) atoms. The summed E-state index contributed by atoms with van der Waals surface area (Å²) in [5.74, 6) is 0. The number of nitrogens with zero attached hydrogens (tertiary/aromatic N) is 4. The molecule has 0 fully saturated rings. The van der Waals surface area contributed by atoms with Crippen LogP contribution in [0.3, 0.4) is 0 Å². The molecule has 0 bridgehead atoms. The summed E-state index contributed by atoms with van der Waals surface area (Å²) < 4.78 is 1.73. The quantitative estimate of drug-likeness (QED) is 0.896. The van der Waals surface area contributed by atoms with Gasteiger partial charge in [0.05, 0.1) is 35.1 Å². The standard InChI is InChI=1S/C11H10ClN5/c12-10-7-9(8-13)1-2-11(10)14-3-5-17-6-4-15-16-17/h1-2,4,6-7,14H,3,5H2. The van der Waals surface area contributed by atoms with Crippen molar-refractivity contribution in [1.82, 2.24) is 15.0 Å². The number of nitrogens with one attached hydrogen (secondary N) is 1. The summed E-state index contributed by atoms with van der Waals surface area (Å²) in [5, 5.41) is 20.0. The highest BCUT2D eigenvalue weighted by molar-refractivity contribution is 6.33. The molecule has 0 aliphatic carbocycles. The van der Waals surface area contributed by atoms with Gasteiger partial charge >= 0.3 is 0 Å². The van der Waals surface area contributed by atoms with Gasteiger partial charge in [-0.2, -0.15) is 5.26 Å². The molecule has 0 saturated heterocycles. The fourth-order valence-corrected chi connectivity index (χ4v) is 1.63. The van der Waals surface area contributed by atoms with Gasteiger partial charge in [-0.3, -0.25) is 4.68 Å². The first-order valence-corrected chi connectivity index (χ1v) is 5.45. The first-order chi connectivity index (χ1) is 8.29. The first-order valence-electron chi connectivity index (χ1n) is 5.07. The predicted molar refractivity (Wildman–Crippen MR) is 64.7 cm³/mol. The first kappa shape index (κ1) is 11.4. The minimum atomic E-state index is 0.544. The summed E-state index contributed by atoms with van der Waals surface area (Å²) in [7, 11) is 0. The fourth-order valence-electron chi connectivity index (χ4n) is 1.39. The van der Waals surface area contributed by atoms with Crippen molar-refractivity contribution in [2.75, 3.05) is 11.9 Å². The largest absolute Gasteiger partial charge is 0.382 e. The Morgan fingerprint density at radius 2 is 2.35 bits per heavy atom. The molecule has 2 aromatic rings. The average molecular weight is 248 g/mol. The lowest BCUT2D eigenvalue weighted by molar-refractivity contribution is 0.609. The highest BCUT2D eigenvalue weighted by Gasteiger charge is 2.01. The lowest BCUT2D eigenvalue weighted by Gasteiger charge is -2.08. The van der Waals surface area contributed by atoms with Crippen LogP contribution in [0.2, 0.25) is 5.02 Å². The van der Waals surface area contributed by atoms with E-state index in [0.717, 1.165) is 5.69 Å². The van der Waals surface area contributed by atoms with Gasteiger partial charge < -0.3 is 5.32 Å². The van der Waals surface area contributed by atoms with E-state index in [1.807, 2.05) is 6.07 Å². The summed E-state index contributed by atoms with van der Waals surface area (Å²) >= 11 is 6.02. The molecule has 0 atom stereocenters. The number of anilines is 1. The SMILES string of the molecule is N#Cc1ccc(NCCn2ccnn2)c(Cl)c1. The second-order valence-corrected chi connectivity index (χ2v) is 3.81. The topological polar surface area (TPSA) is 66.5 Å². The normalized spacial score (nSPS) is 9.88. The Morgan fingerprint density at radius 3 is 3.00 bits per heavy atom. The molecule has 0 saturated carbocycles. The summed E-state index contributed by atoms with van der Waals surface area (Å²) in [6.45, 7) is 1.39. The predicted octanol–water partition coefficient (Wildman–Crippen LogP) is 1.92. The molecule has 5 nitrogen and oxygen atoms in total. The van der Waals surface area contributed by atoms with Crippen molar-refractivity contribution in [3.8, 4) is 6.07 Å². The van der Waals surface area contributed by atoms with Crippen LogP contribution in [0.5, 0.6) is 0 Å². The number of rotatable bonds is 4. The van der Waals surface area contributed by atoms with Crippen LogP contribution >= 0.6 is 11.6 Å².